The first kappa shape index (κ1) is 17.7. The third-order valence-electron chi connectivity index (χ3n) is 3.61. The fourth-order valence-corrected chi connectivity index (χ4v) is 2.34. The number of halogens is 1. The SMILES string of the molecule is O=C(N/N=C\c1ccc(Cl)cc1)c1ccc(COc2ccccc2)cc1. The first-order chi connectivity index (χ1) is 12.7. The van der Waals surface area contributed by atoms with Crippen molar-refractivity contribution in [3.05, 3.63) is 101 Å². The van der Waals surface area contributed by atoms with E-state index in [1.807, 2.05) is 54.6 Å². The maximum Gasteiger partial charge on any atom is 0.271 e. The van der Waals surface area contributed by atoms with Gasteiger partial charge in [-0.25, -0.2) is 5.43 Å². The molecule has 0 aliphatic heterocycles. The minimum Gasteiger partial charge on any atom is -0.489 e. The van der Waals surface area contributed by atoms with Crippen molar-refractivity contribution in [3.63, 3.8) is 0 Å². The zero-order valence-corrected chi connectivity index (χ0v) is 14.7. The van der Waals surface area contributed by atoms with Crippen LogP contribution in [0.25, 0.3) is 0 Å². The molecule has 3 aromatic carbocycles. The molecule has 0 saturated heterocycles. The van der Waals surface area contributed by atoms with Crippen LogP contribution in [0.1, 0.15) is 21.5 Å². The number of rotatable bonds is 6. The predicted octanol–water partition coefficient (Wildman–Crippen LogP) is 4.68. The Morgan fingerprint density at radius 2 is 1.65 bits per heavy atom. The highest BCUT2D eigenvalue weighted by molar-refractivity contribution is 6.30. The average molecular weight is 365 g/mol. The highest BCUT2D eigenvalue weighted by Gasteiger charge is 2.04. The number of amides is 1. The summed E-state index contributed by atoms with van der Waals surface area (Å²) in [5.41, 5.74) is 4.87. The summed E-state index contributed by atoms with van der Waals surface area (Å²) in [4.78, 5) is 12.1. The van der Waals surface area contributed by atoms with Crippen molar-refractivity contribution < 1.29 is 9.53 Å². The molecule has 1 amide bonds. The van der Waals surface area contributed by atoms with Gasteiger partial charge >= 0.3 is 0 Å². The van der Waals surface area contributed by atoms with Gasteiger partial charge < -0.3 is 4.74 Å². The molecule has 0 spiro atoms. The van der Waals surface area contributed by atoms with Crippen molar-refractivity contribution in [1.82, 2.24) is 5.43 Å². The van der Waals surface area contributed by atoms with E-state index in [0.717, 1.165) is 16.9 Å². The molecule has 0 saturated carbocycles. The number of hydrogen-bond acceptors (Lipinski definition) is 3. The molecule has 0 aliphatic carbocycles. The molecule has 130 valence electrons. The molecule has 0 bridgehead atoms. The fraction of sp³-hybridized carbons (Fsp3) is 0.0476. The minimum atomic E-state index is -0.272. The molecule has 0 unspecified atom stereocenters. The average Bonchev–Trinajstić information content (AvgIpc) is 2.69. The normalized spacial score (nSPS) is 10.7. The number of nitrogens with zero attached hydrogens (tertiary/aromatic N) is 1. The van der Waals surface area contributed by atoms with Crippen molar-refractivity contribution in [2.75, 3.05) is 0 Å². The van der Waals surface area contributed by atoms with E-state index in [2.05, 4.69) is 10.5 Å². The molecule has 4 nitrogen and oxygen atoms in total. The third kappa shape index (κ3) is 5.19. The van der Waals surface area contributed by atoms with Gasteiger partial charge in [-0.15, -0.1) is 0 Å². The Morgan fingerprint density at radius 1 is 0.962 bits per heavy atom. The third-order valence-corrected chi connectivity index (χ3v) is 3.87. The summed E-state index contributed by atoms with van der Waals surface area (Å²) in [6.45, 7) is 0.445. The molecule has 0 radical (unpaired) electrons. The molecule has 0 atom stereocenters. The maximum atomic E-state index is 12.1. The van der Waals surface area contributed by atoms with Gasteiger partial charge in [-0.05, 0) is 47.5 Å². The van der Waals surface area contributed by atoms with Crippen LogP contribution >= 0.6 is 11.6 Å². The summed E-state index contributed by atoms with van der Waals surface area (Å²) in [6, 6.07) is 24.0. The summed E-state index contributed by atoms with van der Waals surface area (Å²) in [5.74, 6) is 0.539. The Labute approximate surface area is 157 Å². The molecule has 0 heterocycles. The number of para-hydroxylation sites is 1. The summed E-state index contributed by atoms with van der Waals surface area (Å²) in [6.07, 6.45) is 1.57. The van der Waals surface area contributed by atoms with Gasteiger partial charge in [-0.3, -0.25) is 4.79 Å². The second kappa shape index (κ2) is 8.83. The van der Waals surface area contributed by atoms with Gasteiger partial charge in [-0.1, -0.05) is 54.1 Å². The molecular weight excluding hydrogens is 348 g/mol. The smallest absolute Gasteiger partial charge is 0.271 e. The van der Waals surface area contributed by atoms with Crippen LogP contribution in [0.4, 0.5) is 0 Å². The van der Waals surface area contributed by atoms with E-state index >= 15 is 0 Å². The zero-order valence-electron chi connectivity index (χ0n) is 13.9. The van der Waals surface area contributed by atoms with Crippen molar-refractivity contribution >= 4 is 23.7 Å². The molecule has 1 N–H and O–H groups in total. The lowest BCUT2D eigenvalue weighted by Gasteiger charge is -2.06. The molecule has 0 aromatic heterocycles. The monoisotopic (exact) mass is 364 g/mol. The quantitative estimate of drug-likeness (QED) is 0.510. The Hall–Kier alpha value is -3.11. The Kier molecular flexibility index (Phi) is 6.01. The molecule has 0 fully saturated rings. The van der Waals surface area contributed by atoms with Crippen molar-refractivity contribution in [2.45, 2.75) is 6.61 Å². The standard InChI is InChI=1S/C21H17ClN2O2/c22-19-12-8-16(9-13-19)14-23-24-21(25)18-10-6-17(7-11-18)15-26-20-4-2-1-3-5-20/h1-14H,15H2,(H,24,25)/b23-14-. The zero-order chi connectivity index (χ0) is 18.2. The maximum absolute atomic E-state index is 12.1. The van der Waals surface area contributed by atoms with Gasteiger partial charge in [0.05, 0.1) is 6.21 Å². The van der Waals surface area contributed by atoms with Gasteiger partial charge in [0.15, 0.2) is 0 Å². The molecular formula is C21H17ClN2O2. The van der Waals surface area contributed by atoms with Crippen molar-refractivity contribution in [3.8, 4) is 5.75 Å². The second-order valence-electron chi connectivity index (χ2n) is 5.55. The lowest BCUT2D eigenvalue weighted by Crippen LogP contribution is -2.17. The lowest BCUT2D eigenvalue weighted by molar-refractivity contribution is 0.0955. The Morgan fingerprint density at radius 3 is 2.35 bits per heavy atom. The summed E-state index contributed by atoms with van der Waals surface area (Å²) >= 11 is 5.82. The summed E-state index contributed by atoms with van der Waals surface area (Å²) < 4.78 is 5.68. The van der Waals surface area contributed by atoms with Crippen molar-refractivity contribution in [2.24, 2.45) is 5.10 Å². The van der Waals surface area contributed by atoms with E-state index in [-0.39, 0.29) is 5.91 Å². The van der Waals surface area contributed by atoms with Crippen LogP contribution in [0.15, 0.2) is 84.0 Å². The van der Waals surface area contributed by atoms with E-state index in [9.17, 15) is 4.79 Å². The van der Waals surface area contributed by atoms with E-state index in [0.29, 0.717) is 17.2 Å². The highest BCUT2D eigenvalue weighted by atomic mass is 35.5. The van der Waals surface area contributed by atoms with Gasteiger partial charge in [0.1, 0.15) is 12.4 Å². The van der Waals surface area contributed by atoms with E-state index < -0.39 is 0 Å². The van der Waals surface area contributed by atoms with Crippen LogP contribution in [0.2, 0.25) is 5.02 Å². The summed E-state index contributed by atoms with van der Waals surface area (Å²) in [7, 11) is 0. The number of hydrogen-bond donors (Lipinski definition) is 1. The number of ether oxygens (including phenoxy) is 1. The number of carbonyl (C=O) groups is 1. The number of nitrogens with one attached hydrogen (secondary N) is 1. The van der Waals surface area contributed by atoms with Gasteiger partial charge in [0, 0.05) is 10.6 Å². The van der Waals surface area contributed by atoms with Gasteiger partial charge in [0.2, 0.25) is 0 Å². The second-order valence-corrected chi connectivity index (χ2v) is 5.99. The summed E-state index contributed by atoms with van der Waals surface area (Å²) in [5, 5.41) is 4.61. The Balaban J connectivity index is 1.52. The first-order valence-corrected chi connectivity index (χ1v) is 8.44. The molecule has 3 rings (SSSR count). The predicted molar refractivity (Wildman–Crippen MR) is 104 cm³/mol. The number of carbonyl (C=O) groups excluding carboxylic acids is 1. The van der Waals surface area contributed by atoms with Crippen LogP contribution < -0.4 is 10.2 Å². The Bertz CT molecular complexity index is 876. The van der Waals surface area contributed by atoms with Gasteiger partial charge in [-0.2, -0.15) is 5.10 Å². The minimum absolute atomic E-state index is 0.272. The van der Waals surface area contributed by atoms with Crippen LogP contribution in [0.3, 0.4) is 0 Å². The lowest BCUT2D eigenvalue weighted by atomic mass is 10.1. The molecule has 5 heteroatoms. The number of hydrazone groups is 1. The molecule has 0 aliphatic rings. The molecule has 3 aromatic rings. The van der Waals surface area contributed by atoms with E-state index in [1.165, 1.54) is 0 Å². The van der Waals surface area contributed by atoms with Crippen LogP contribution in [0.5, 0.6) is 5.75 Å². The van der Waals surface area contributed by atoms with Gasteiger partial charge in [0.25, 0.3) is 5.91 Å². The number of benzene rings is 3. The fourth-order valence-electron chi connectivity index (χ4n) is 2.21. The highest BCUT2D eigenvalue weighted by Crippen LogP contribution is 2.12. The molecule has 26 heavy (non-hydrogen) atoms. The van der Waals surface area contributed by atoms with Crippen LogP contribution in [0, 0.1) is 0 Å². The van der Waals surface area contributed by atoms with Crippen LogP contribution in [-0.2, 0) is 6.61 Å². The topological polar surface area (TPSA) is 50.7 Å². The van der Waals surface area contributed by atoms with Crippen molar-refractivity contribution in [1.29, 1.82) is 0 Å². The first-order valence-electron chi connectivity index (χ1n) is 8.06. The van der Waals surface area contributed by atoms with E-state index in [1.54, 1.807) is 30.5 Å². The van der Waals surface area contributed by atoms with Crippen LogP contribution in [-0.4, -0.2) is 12.1 Å². The van der Waals surface area contributed by atoms with E-state index in [4.69, 9.17) is 16.3 Å². The largest absolute Gasteiger partial charge is 0.489 e.